The smallest absolute Gasteiger partial charge is 0.303 e. The fraction of sp³-hybridized carbons (Fsp3) is 0.667. The predicted octanol–water partition coefficient (Wildman–Crippen LogP) is -0.170. The summed E-state index contributed by atoms with van der Waals surface area (Å²) in [7, 11) is -3.66. The molecule has 7 nitrogen and oxygen atoms in total. The Morgan fingerprint density at radius 1 is 1.07 bits per heavy atom. The molecule has 3 N–H and O–H groups in total. The van der Waals surface area contributed by atoms with Crippen molar-refractivity contribution in [2.75, 3.05) is 5.75 Å². The molecule has 0 bridgehead atoms. The molecule has 0 radical (unpaired) electrons. The molecule has 0 unspecified atom stereocenters. The standard InChI is InChI=1S/C4H6O4.C2H6O3S/c5-3(6)1-2-4(7)8;1-2-6(3,4)5/h1-2H2,(H,5,6)(H,7,8);2H2,1H3,(H,3,4,5). The van der Waals surface area contributed by atoms with Crippen LogP contribution in [0.25, 0.3) is 0 Å². The van der Waals surface area contributed by atoms with Crippen LogP contribution in [0.15, 0.2) is 0 Å². The van der Waals surface area contributed by atoms with E-state index in [9.17, 15) is 18.0 Å². The highest BCUT2D eigenvalue weighted by Gasteiger charge is 2.00. The second-order valence-corrected chi connectivity index (χ2v) is 3.90. The van der Waals surface area contributed by atoms with E-state index in [2.05, 4.69) is 0 Å². The summed E-state index contributed by atoms with van der Waals surface area (Å²) >= 11 is 0. The minimum Gasteiger partial charge on any atom is -0.481 e. The van der Waals surface area contributed by atoms with Crippen molar-refractivity contribution in [2.45, 2.75) is 19.8 Å². The summed E-state index contributed by atoms with van der Waals surface area (Å²) in [4.78, 5) is 19.3. The third-order valence-electron chi connectivity index (χ3n) is 0.918. The lowest BCUT2D eigenvalue weighted by Crippen LogP contribution is -2.00. The zero-order valence-corrected chi connectivity index (χ0v) is 8.32. The van der Waals surface area contributed by atoms with Gasteiger partial charge in [0.25, 0.3) is 10.1 Å². The van der Waals surface area contributed by atoms with Crippen LogP contribution in [0, 0.1) is 0 Å². The summed E-state index contributed by atoms with van der Waals surface area (Å²) < 4.78 is 26.9. The molecule has 0 rings (SSSR count). The van der Waals surface area contributed by atoms with E-state index < -0.39 is 22.1 Å². The maximum absolute atomic E-state index is 9.64. The van der Waals surface area contributed by atoms with Gasteiger partial charge in [0.2, 0.25) is 0 Å². The molecule has 84 valence electrons. The molecule has 0 aliphatic rings. The Balaban J connectivity index is 0. The van der Waals surface area contributed by atoms with Gasteiger partial charge in [-0.1, -0.05) is 0 Å². The van der Waals surface area contributed by atoms with Crippen molar-refractivity contribution >= 4 is 22.1 Å². The number of carboxylic acids is 2. The molecule has 0 aromatic rings. The van der Waals surface area contributed by atoms with Crippen molar-refractivity contribution in [3.8, 4) is 0 Å². The SMILES string of the molecule is CCS(=O)(=O)O.O=C(O)CCC(=O)O. The second kappa shape index (κ2) is 7.27. The third-order valence-corrected chi connectivity index (χ3v) is 1.65. The molecule has 0 saturated carbocycles. The number of carbonyl (C=O) groups is 2. The van der Waals surface area contributed by atoms with Crippen molar-refractivity contribution in [1.82, 2.24) is 0 Å². The maximum atomic E-state index is 9.64. The van der Waals surface area contributed by atoms with Crippen LogP contribution in [-0.4, -0.2) is 40.9 Å². The van der Waals surface area contributed by atoms with Gasteiger partial charge in [-0.05, 0) is 6.92 Å². The Morgan fingerprint density at radius 2 is 1.29 bits per heavy atom. The van der Waals surface area contributed by atoms with E-state index in [1.165, 1.54) is 6.92 Å². The molecule has 0 atom stereocenters. The minimum absolute atomic E-state index is 0.201. The van der Waals surface area contributed by atoms with Crippen molar-refractivity contribution in [3.05, 3.63) is 0 Å². The monoisotopic (exact) mass is 228 g/mol. The lowest BCUT2D eigenvalue weighted by molar-refractivity contribution is -0.143. The first-order chi connectivity index (χ1) is 6.19. The summed E-state index contributed by atoms with van der Waals surface area (Å²) in [6, 6.07) is 0. The van der Waals surface area contributed by atoms with Crippen LogP contribution in [0.3, 0.4) is 0 Å². The first kappa shape index (κ1) is 15.3. The molecule has 8 heteroatoms. The summed E-state index contributed by atoms with van der Waals surface area (Å²) in [5, 5.41) is 15.8. The normalized spacial score (nSPS) is 9.86. The quantitative estimate of drug-likeness (QED) is 0.569. The van der Waals surface area contributed by atoms with Gasteiger partial charge in [0.15, 0.2) is 0 Å². The van der Waals surface area contributed by atoms with E-state index in [1.807, 2.05) is 0 Å². The average molecular weight is 228 g/mol. The average Bonchev–Trinajstić information content (AvgIpc) is 2.01. The topological polar surface area (TPSA) is 129 Å². The van der Waals surface area contributed by atoms with Crippen LogP contribution in [-0.2, 0) is 19.7 Å². The number of hydrogen-bond donors (Lipinski definition) is 3. The largest absolute Gasteiger partial charge is 0.481 e. The summed E-state index contributed by atoms with van der Waals surface area (Å²) in [5.41, 5.74) is 0. The fourth-order valence-electron chi connectivity index (χ4n) is 0.214. The van der Waals surface area contributed by atoms with E-state index in [0.29, 0.717) is 0 Å². The van der Waals surface area contributed by atoms with Crippen molar-refractivity contribution < 1.29 is 32.8 Å². The molecular weight excluding hydrogens is 216 g/mol. The molecule has 0 aliphatic carbocycles. The fourth-order valence-corrected chi connectivity index (χ4v) is 0.214. The van der Waals surface area contributed by atoms with Gasteiger partial charge < -0.3 is 10.2 Å². The summed E-state index contributed by atoms with van der Waals surface area (Å²) in [6.07, 6.45) is -0.593. The van der Waals surface area contributed by atoms with Crippen molar-refractivity contribution in [1.29, 1.82) is 0 Å². The first-order valence-electron chi connectivity index (χ1n) is 3.57. The van der Waals surface area contributed by atoms with Crippen LogP contribution in [0.1, 0.15) is 19.8 Å². The second-order valence-electron chi connectivity index (χ2n) is 2.16. The van der Waals surface area contributed by atoms with Crippen LogP contribution in [0.2, 0.25) is 0 Å². The van der Waals surface area contributed by atoms with E-state index in [1.54, 1.807) is 0 Å². The van der Waals surface area contributed by atoms with Crippen LogP contribution >= 0.6 is 0 Å². The number of rotatable bonds is 4. The lowest BCUT2D eigenvalue weighted by Gasteiger charge is -1.85. The van der Waals surface area contributed by atoms with Crippen LogP contribution in [0.4, 0.5) is 0 Å². The van der Waals surface area contributed by atoms with E-state index in [-0.39, 0.29) is 18.6 Å². The molecule has 0 aromatic heterocycles. The molecule has 0 aromatic carbocycles. The lowest BCUT2D eigenvalue weighted by atomic mass is 10.3. The highest BCUT2D eigenvalue weighted by atomic mass is 32.2. The highest BCUT2D eigenvalue weighted by Crippen LogP contribution is 1.86. The minimum atomic E-state index is -3.66. The molecule has 14 heavy (non-hydrogen) atoms. The Bertz CT molecular complexity index is 265. The zero-order valence-electron chi connectivity index (χ0n) is 7.50. The first-order valence-corrected chi connectivity index (χ1v) is 5.18. The Hall–Kier alpha value is -1.15. The molecular formula is C6H12O7S. The third kappa shape index (κ3) is 22.4. The van der Waals surface area contributed by atoms with Crippen molar-refractivity contribution in [3.63, 3.8) is 0 Å². The zero-order chi connectivity index (χ0) is 11.8. The van der Waals surface area contributed by atoms with Gasteiger partial charge in [-0.15, -0.1) is 0 Å². The maximum Gasteiger partial charge on any atom is 0.303 e. The van der Waals surface area contributed by atoms with Crippen LogP contribution < -0.4 is 0 Å². The molecule has 0 saturated heterocycles. The van der Waals surface area contributed by atoms with Crippen molar-refractivity contribution in [2.24, 2.45) is 0 Å². The van der Waals surface area contributed by atoms with Gasteiger partial charge in [0.1, 0.15) is 0 Å². The summed E-state index contributed by atoms with van der Waals surface area (Å²) in [5.74, 6) is -2.35. The number of aliphatic carboxylic acids is 2. The Labute approximate surface area is 81.1 Å². The van der Waals surface area contributed by atoms with Gasteiger partial charge in [-0.25, -0.2) is 0 Å². The molecule has 0 spiro atoms. The van der Waals surface area contributed by atoms with Gasteiger partial charge >= 0.3 is 11.9 Å². The molecule has 0 heterocycles. The van der Waals surface area contributed by atoms with E-state index in [4.69, 9.17) is 14.8 Å². The van der Waals surface area contributed by atoms with E-state index >= 15 is 0 Å². The van der Waals surface area contributed by atoms with Gasteiger partial charge in [0.05, 0.1) is 18.6 Å². The van der Waals surface area contributed by atoms with Crippen LogP contribution in [0.5, 0.6) is 0 Å². The van der Waals surface area contributed by atoms with Gasteiger partial charge in [-0.2, -0.15) is 8.42 Å². The number of carboxylic acid groups (broad SMARTS) is 2. The summed E-state index contributed by atoms with van der Waals surface area (Å²) in [6.45, 7) is 1.37. The Morgan fingerprint density at radius 3 is 1.36 bits per heavy atom. The van der Waals surface area contributed by atoms with Gasteiger partial charge in [0, 0.05) is 0 Å². The van der Waals surface area contributed by atoms with Gasteiger partial charge in [-0.3, -0.25) is 14.1 Å². The molecule has 0 aliphatic heterocycles. The predicted molar refractivity (Wildman–Crippen MR) is 46.6 cm³/mol. The highest BCUT2D eigenvalue weighted by molar-refractivity contribution is 7.85. The molecule has 0 amide bonds. The Kier molecular flexibility index (Phi) is 7.96. The number of hydrogen-bond acceptors (Lipinski definition) is 4. The molecule has 0 fully saturated rings. The van der Waals surface area contributed by atoms with E-state index in [0.717, 1.165) is 0 Å².